The number of para-hydroxylation sites is 1. The van der Waals surface area contributed by atoms with Crippen molar-refractivity contribution in [1.82, 2.24) is 9.88 Å². The molecule has 1 aliphatic heterocycles. The Morgan fingerprint density at radius 1 is 1.11 bits per heavy atom. The fourth-order valence-corrected chi connectivity index (χ4v) is 5.24. The molecule has 0 bridgehead atoms. The molecule has 3 heteroatoms. The number of ether oxygens (including phenoxy) is 1. The van der Waals surface area contributed by atoms with Crippen molar-refractivity contribution in [3.63, 3.8) is 0 Å². The van der Waals surface area contributed by atoms with E-state index in [0.29, 0.717) is 5.92 Å². The van der Waals surface area contributed by atoms with E-state index in [-0.39, 0.29) is 5.41 Å². The lowest BCUT2D eigenvalue weighted by molar-refractivity contribution is 0.0987. The van der Waals surface area contributed by atoms with Crippen LogP contribution in [0.2, 0.25) is 0 Å². The average molecular weight is 358 g/mol. The number of likely N-dealkylation sites (tertiary alicyclic amines) is 1. The maximum Gasteiger partial charge on any atom is 0.119 e. The molecule has 1 saturated heterocycles. The molecule has 2 aliphatic rings. The van der Waals surface area contributed by atoms with Gasteiger partial charge < -0.3 is 9.64 Å². The van der Waals surface area contributed by atoms with Crippen LogP contribution in [0.4, 0.5) is 0 Å². The summed E-state index contributed by atoms with van der Waals surface area (Å²) in [5.41, 5.74) is 5.41. The predicted octanol–water partition coefficient (Wildman–Crippen LogP) is 4.23. The van der Waals surface area contributed by atoms with Gasteiger partial charge in [0, 0.05) is 29.5 Å². The van der Waals surface area contributed by atoms with E-state index in [1.807, 2.05) is 6.07 Å². The highest BCUT2D eigenvalue weighted by atomic mass is 16.5. The summed E-state index contributed by atoms with van der Waals surface area (Å²) in [5.74, 6) is 1.57. The standard InChI is InChI=1S/C24H26N2O/c1-26-11-10-24(19-7-5-8-21(14-19)27-2)15-23-18(13-20(24)16-26)12-17-6-3-4-9-22(17)25-23/h3-9,12,14,20H,10-11,13,15-16H2,1-2H3/t20-,24-/m0/s1. The Hall–Kier alpha value is -2.39. The van der Waals surface area contributed by atoms with Crippen molar-refractivity contribution in [2.45, 2.75) is 24.7 Å². The van der Waals surface area contributed by atoms with Crippen molar-refractivity contribution in [3.05, 3.63) is 71.4 Å². The number of benzene rings is 2. The van der Waals surface area contributed by atoms with Gasteiger partial charge in [0.05, 0.1) is 12.6 Å². The number of hydrogen-bond acceptors (Lipinski definition) is 3. The molecule has 0 N–H and O–H groups in total. The molecule has 27 heavy (non-hydrogen) atoms. The minimum Gasteiger partial charge on any atom is -0.497 e. The van der Waals surface area contributed by atoms with Crippen LogP contribution in [-0.2, 0) is 18.3 Å². The lowest BCUT2D eigenvalue weighted by Crippen LogP contribution is -2.53. The summed E-state index contributed by atoms with van der Waals surface area (Å²) in [6.07, 6.45) is 3.31. The maximum atomic E-state index is 5.54. The maximum absolute atomic E-state index is 5.54. The van der Waals surface area contributed by atoms with Crippen LogP contribution >= 0.6 is 0 Å². The number of methoxy groups -OCH3 is 1. The second-order valence-corrected chi connectivity index (χ2v) is 8.27. The molecule has 2 aromatic carbocycles. The minimum atomic E-state index is 0.156. The number of aromatic nitrogens is 1. The van der Waals surface area contributed by atoms with Crippen molar-refractivity contribution >= 4 is 10.9 Å². The van der Waals surface area contributed by atoms with E-state index in [4.69, 9.17) is 9.72 Å². The topological polar surface area (TPSA) is 25.4 Å². The Bertz CT molecular complexity index is 999. The summed E-state index contributed by atoms with van der Waals surface area (Å²) >= 11 is 0. The quantitative estimate of drug-likeness (QED) is 0.685. The normalized spacial score (nSPS) is 25.0. The van der Waals surface area contributed by atoms with Crippen LogP contribution < -0.4 is 4.74 Å². The third kappa shape index (κ3) is 2.72. The molecule has 0 unspecified atom stereocenters. The number of rotatable bonds is 2. The Morgan fingerprint density at radius 2 is 2.00 bits per heavy atom. The predicted molar refractivity (Wildman–Crippen MR) is 109 cm³/mol. The largest absolute Gasteiger partial charge is 0.497 e. The first-order valence-corrected chi connectivity index (χ1v) is 9.88. The van der Waals surface area contributed by atoms with Gasteiger partial charge in [0.15, 0.2) is 0 Å². The van der Waals surface area contributed by atoms with Crippen LogP contribution in [0.25, 0.3) is 10.9 Å². The average Bonchev–Trinajstić information content (AvgIpc) is 2.71. The number of fused-ring (bicyclic) bond motifs is 3. The Labute approximate surface area is 161 Å². The van der Waals surface area contributed by atoms with Crippen LogP contribution in [0.5, 0.6) is 5.75 Å². The number of piperidine rings is 1. The van der Waals surface area contributed by atoms with E-state index < -0.39 is 0 Å². The fraction of sp³-hybridized carbons (Fsp3) is 0.375. The number of pyridine rings is 1. The van der Waals surface area contributed by atoms with E-state index in [9.17, 15) is 0 Å². The molecule has 1 fully saturated rings. The van der Waals surface area contributed by atoms with Crippen molar-refractivity contribution in [2.24, 2.45) is 5.92 Å². The molecule has 3 nitrogen and oxygen atoms in total. The van der Waals surface area contributed by atoms with E-state index >= 15 is 0 Å². The lowest BCUT2D eigenvalue weighted by Gasteiger charge is -2.50. The molecule has 0 spiro atoms. The Kier molecular flexibility index (Phi) is 3.94. The Balaban J connectivity index is 1.65. The van der Waals surface area contributed by atoms with Crippen LogP contribution in [0.1, 0.15) is 23.2 Å². The minimum absolute atomic E-state index is 0.156. The molecular formula is C24H26N2O. The zero-order chi connectivity index (χ0) is 18.4. The highest BCUT2D eigenvalue weighted by molar-refractivity contribution is 5.79. The second-order valence-electron chi connectivity index (χ2n) is 8.27. The molecular weight excluding hydrogens is 332 g/mol. The van der Waals surface area contributed by atoms with Gasteiger partial charge in [0.2, 0.25) is 0 Å². The molecule has 3 aromatic rings. The first kappa shape index (κ1) is 16.8. The summed E-state index contributed by atoms with van der Waals surface area (Å²) < 4.78 is 5.54. The third-order valence-electron chi connectivity index (χ3n) is 6.74. The summed E-state index contributed by atoms with van der Waals surface area (Å²) in [5, 5.41) is 1.26. The molecule has 0 amide bonds. The van der Waals surface area contributed by atoms with E-state index in [1.54, 1.807) is 7.11 Å². The van der Waals surface area contributed by atoms with Crippen molar-refractivity contribution < 1.29 is 4.74 Å². The second kappa shape index (κ2) is 6.35. The molecule has 2 heterocycles. The summed E-state index contributed by atoms with van der Waals surface area (Å²) in [6, 6.07) is 19.6. The summed E-state index contributed by atoms with van der Waals surface area (Å²) in [4.78, 5) is 7.58. The molecule has 0 saturated carbocycles. The van der Waals surface area contributed by atoms with Gasteiger partial charge in [-0.3, -0.25) is 4.98 Å². The van der Waals surface area contributed by atoms with Gasteiger partial charge >= 0.3 is 0 Å². The van der Waals surface area contributed by atoms with Gasteiger partial charge in [-0.05, 0) is 67.7 Å². The first-order valence-electron chi connectivity index (χ1n) is 9.88. The number of nitrogens with zero attached hydrogens (tertiary/aromatic N) is 2. The molecule has 0 radical (unpaired) electrons. The van der Waals surface area contributed by atoms with Crippen LogP contribution in [0, 0.1) is 5.92 Å². The zero-order valence-corrected chi connectivity index (χ0v) is 16.1. The smallest absolute Gasteiger partial charge is 0.119 e. The first-order chi connectivity index (χ1) is 13.2. The molecule has 5 rings (SSSR count). The summed E-state index contributed by atoms with van der Waals surface area (Å²) in [7, 11) is 4.01. The van der Waals surface area contributed by atoms with Gasteiger partial charge in [-0.15, -0.1) is 0 Å². The number of hydrogen-bond donors (Lipinski definition) is 0. The van der Waals surface area contributed by atoms with Crippen LogP contribution in [0.3, 0.4) is 0 Å². The highest BCUT2D eigenvalue weighted by Crippen LogP contribution is 2.48. The lowest BCUT2D eigenvalue weighted by atomic mass is 9.58. The fourth-order valence-electron chi connectivity index (χ4n) is 5.24. The third-order valence-corrected chi connectivity index (χ3v) is 6.74. The van der Waals surface area contributed by atoms with Gasteiger partial charge in [-0.2, -0.15) is 0 Å². The summed E-state index contributed by atoms with van der Waals surface area (Å²) in [6.45, 7) is 2.28. The molecule has 1 aromatic heterocycles. The van der Waals surface area contributed by atoms with Gasteiger partial charge in [0.25, 0.3) is 0 Å². The van der Waals surface area contributed by atoms with Crippen molar-refractivity contribution in [3.8, 4) is 5.75 Å². The van der Waals surface area contributed by atoms with Crippen molar-refractivity contribution in [2.75, 3.05) is 27.2 Å². The molecule has 2 atom stereocenters. The van der Waals surface area contributed by atoms with Gasteiger partial charge in [-0.1, -0.05) is 30.3 Å². The van der Waals surface area contributed by atoms with E-state index in [0.717, 1.165) is 37.2 Å². The molecule has 138 valence electrons. The SMILES string of the molecule is COc1cccc([C@@]23CCN(C)C[C@@H]2Cc2cc4ccccc4nc2C3)c1. The van der Waals surface area contributed by atoms with Gasteiger partial charge in [-0.25, -0.2) is 0 Å². The zero-order valence-electron chi connectivity index (χ0n) is 16.1. The van der Waals surface area contributed by atoms with Crippen molar-refractivity contribution in [1.29, 1.82) is 0 Å². The Morgan fingerprint density at radius 3 is 2.89 bits per heavy atom. The van der Waals surface area contributed by atoms with Crippen LogP contribution in [0.15, 0.2) is 54.6 Å². The van der Waals surface area contributed by atoms with Crippen LogP contribution in [-0.4, -0.2) is 37.1 Å². The molecule has 1 aliphatic carbocycles. The highest BCUT2D eigenvalue weighted by Gasteiger charge is 2.47. The monoisotopic (exact) mass is 358 g/mol. The van der Waals surface area contributed by atoms with Gasteiger partial charge in [0.1, 0.15) is 5.75 Å². The van der Waals surface area contributed by atoms with E-state index in [2.05, 4.69) is 60.5 Å². The van der Waals surface area contributed by atoms with E-state index in [1.165, 1.54) is 28.6 Å².